The van der Waals surface area contributed by atoms with Crippen LogP contribution >= 0.6 is 0 Å². The molecular weight excluding hydrogens is 124 g/mol. The summed E-state index contributed by atoms with van der Waals surface area (Å²) in [5.41, 5.74) is 1.26. The Kier molecular flexibility index (Phi) is 0.471. The maximum atomic E-state index is 5.79. The Morgan fingerprint density at radius 1 is 1.20 bits per heavy atom. The summed E-state index contributed by atoms with van der Waals surface area (Å²) in [7, 11) is 0. The van der Waals surface area contributed by atoms with Crippen molar-refractivity contribution < 1.29 is 4.74 Å². The minimum Gasteiger partial charge on any atom is -0.374 e. The second-order valence-corrected chi connectivity index (χ2v) is 4.70. The topological polar surface area (TPSA) is 9.23 Å². The lowest BCUT2D eigenvalue weighted by Gasteiger charge is -2.63. The molecule has 1 heteroatoms. The largest absolute Gasteiger partial charge is 0.374 e. The molecule has 1 saturated heterocycles. The summed E-state index contributed by atoms with van der Waals surface area (Å²) < 4.78 is 5.79. The second-order valence-electron chi connectivity index (χ2n) is 4.70. The summed E-state index contributed by atoms with van der Waals surface area (Å²) in [6, 6.07) is 0. The van der Waals surface area contributed by atoms with Crippen molar-refractivity contribution in [3.05, 3.63) is 0 Å². The molecule has 4 atom stereocenters. The fraction of sp³-hybridized carbons (Fsp3) is 1.00. The Morgan fingerprint density at radius 2 is 2.10 bits per heavy atom. The molecule has 0 radical (unpaired) electrons. The van der Waals surface area contributed by atoms with Crippen LogP contribution in [0.1, 0.15) is 25.7 Å². The smallest absolute Gasteiger partial charge is 0.0791 e. The van der Waals surface area contributed by atoms with Crippen LogP contribution in [0.15, 0.2) is 0 Å². The lowest BCUT2D eigenvalue weighted by atomic mass is 9.55. The number of ether oxygens (including phenoxy) is 1. The van der Waals surface area contributed by atoms with Gasteiger partial charge in [-0.1, -0.05) is 0 Å². The summed E-state index contributed by atoms with van der Waals surface area (Å²) in [6.45, 7) is 1.09. The molecule has 1 heterocycles. The van der Waals surface area contributed by atoms with Crippen molar-refractivity contribution in [1.82, 2.24) is 0 Å². The fourth-order valence-corrected chi connectivity index (χ4v) is 4.10. The van der Waals surface area contributed by atoms with Crippen LogP contribution in [0, 0.1) is 17.3 Å². The fourth-order valence-electron chi connectivity index (χ4n) is 4.10. The van der Waals surface area contributed by atoms with Crippen LogP contribution in [0.3, 0.4) is 0 Å². The van der Waals surface area contributed by atoms with E-state index in [0.29, 0.717) is 5.60 Å². The Morgan fingerprint density at radius 3 is 2.50 bits per heavy atom. The molecule has 54 valence electrons. The van der Waals surface area contributed by atoms with E-state index in [9.17, 15) is 0 Å². The Bertz CT molecular complexity index is 223. The molecule has 1 aliphatic heterocycles. The van der Waals surface area contributed by atoms with Crippen LogP contribution in [0.2, 0.25) is 0 Å². The highest BCUT2D eigenvalue weighted by molar-refractivity contribution is 5.32. The molecule has 0 aromatic heterocycles. The molecular formula is C9H12O. The van der Waals surface area contributed by atoms with Crippen LogP contribution in [-0.4, -0.2) is 12.2 Å². The first kappa shape index (κ1) is 4.76. The van der Waals surface area contributed by atoms with Gasteiger partial charge in [0.25, 0.3) is 0 Å². The van der Waals surface area contributed by atoms with E-state index in [4.69, 9.17) is 4.74 Å². The summed E-state index contributed by atoms with van der Waals surface area (Å²) >= 11 is 0. The third kappa shape index (κ3) is 0.230. The van der Waals surface area contributed by atoms with Gasteiger partial charge < -0.3 is 4.74 Å². The predicted molar refractivity (Wildman–Crippen MR) is 36.6 cm³/mol. The first-order valence-corrected chi connectivity index (χ1v) is 4.51. The van der Waals surface area contributed by atoms with Gasteiger partial charge in [0.05, 0.1) is 12.2 Å². The van der Waals surface area contributed by atoms with Crippen LogP contribution in [-0.2, 0) is 4.74 Å². The lowest BCUT2D eigenvalue weighted by molar-refractivity contribution is -0.305. The molecule has 4 unspecified atom stereocenters. The van der Waals surface area contributed by atoms with Crippen LogP contribution in [0.4, 0.5) is 0 Å². The minimum absolute atomic E-state index is 0.484. The first-order valence-electron chi connectivity index (χ1n) is 4.51. The summed E-state index contributed by atoms with van der Waals surface area (Å²) in [5, 5.41) is 0. The van der Waals surface area contributed by atoms with E-state index in [2.05, 4.69) is 0 Å². The minimum atomic E-state index is 0.484. The molecule has 2 spiro atoms. The molecule has 1 nitrogen and oxygen atoms in total. The van der Waals surface area contributed by atoms with Gasteiger partial charge in [0.15, 0.2) is 0 Å². The normalized spacial score (nSPS) is 74.4. The van der Waals surface area contributed by atoms with Gasteiger partial charge in [0.2, 0.25) is 0 Å². The molecule has 0 bridgehead atoms. The number of rotatable bonds is 0. The van der Waals surface area contributed by atoms with Crippen molar-refractivity contribution in [2.75, 3.05) is 6.61 Å². The van der Waals surface area contributed by atoms with Gasteiger partial charge in [-0.3, -0.25) is 0 Å². The van der Waals surface area contributed by atoms with Crippen molar-refractivity contribution in [2.45, 2.75) is 31.3 Å². The van der Waals surface area contributed by atoms with Gasteiger partial charge in [0, 0.05) is 11.3 Å². The molecule has 0 aromatic carbocycles. The zero-order valence-corrected chi connectivity index (χ0v) is 6.10. The summed E-state index contributed by atoms with van der Waals surface area (Å²) in [6.07, 6.45) is 5.93. The highest BCUT2D eigenvalue weighted by Gasteiger charge is 2.83. The van der Waals surface area contributed by atoms with Gasteiger partial charge in [-0.2, -0.15) is 0 Å². The number of hydrogen-bond acceptors (Lipinski definition) is 1. The predicted octanol–water partition coefficient (Wildman–Crippen LogP) is 1.58. The van der Waals surface area contributed by atoms with Gasteiger partial charge in [-0.25, -0.2) is 0 Å². The molecule has 3 saturated carbocycles. The van der Waals surface area contributed by atoms with E-state index >= 15 is 0 Å². The third-order valence-electron chi connectivity index (χ3n) is 4.75. The standard InChI is InChI=1S/C9H12O/c1-2-9-7(5-10-9)4-8(9)3-6(1)8/h6-7H,1-5H2. The van der Waals surface area contributed by atoms with Crippen molar-refractivity contribution in [3.8, 4) is 0 Å². The highest BCUT2D eigenvalue weighted by Crippen LogP contribution is 2.83. The van der Waals surface area contributed by atoms with E-state index in [0.717, 1.165) is 23.9 Å². The quantitative estimate of drug-likeness (QED) is 0.491. The van der Waals surface area contributed by atoms with Crippen LogP contribution in [0.25, 0.3) is 0 Å². The van der Waals surface area contributed by atoms with E-state index in [1.165, 1.54) is 25.7 Å². The second kappa shape index (κ2) is 0.989. The van der Waals surface area contributed by atoms with Crippen LogP contribution in [0.5, 0.6) is 0 Å². The molecule has 4 aliphatic rings. The Hall–Kier alpha value is -0.0400. The van der Waals surface area contributed by atoms with Gasteiger partial charge >= 0.3 is 0 Å². The van der Waals surface area contributed by atoms with Crippen molar-refractivity contribution in [1.29, 1.82) is 0 Å². The molecule has 4 rings (SSSR count). The Balaban J connectivity index is 1.89. The monoisotopic (exact) mass is 136 g/mol. The highest BCUT2D eigenvalue weighted by atomic mass is 16.5. The maximum Gasteiger partial charge on any atom is 0.0791 e. The number of hydrogen-bond donors (Lipinski definition) is 0. The molecule has 3 aliphatic carbocycles. The van der Waals surface area contributed by atoms with E-state index in [1.807, 2.05) is 0 Å². The lowest BCUT2D eigenvalue weighted by Crippen LogP contribution is -2.67. The Labute approximate surface area is 60.7 Å². The van der Waals surface area contributed by atoms with Crippen molar-refractivity contribution >= 4 is 0 Å². The SMILES string of the molecule is C1CC23OCC2CC32CC12. The molecule has 0 amide bonds. The molecule has 0 aromatic rings. The third-order valence-corrected chi connectivity index (χ3v) is 4.75. The first-order chi connectivity index (χ1) is 4.87. The summed E-state index contributed by atoms with van der Waals surface area (Å²) in [5.74, 6) is 2.10. The van der Waals surface area contributed by atoms with Crippen molar-refractivity contribution in [3.63, 3.8) is 0 Å². The average molecular weight is 136 g/mol. The zero-order valence-electron chi connectivity index (χ0n) is 6.10. The van der Waals surface area contributed by atoms with Gasteiger partial charge in [-0.15, -0.1) is 0 Å². The average Bonchev–Trinajstić information content (AvgIpc) is 2.56. The van der Waals surface area contributed by atoms with Crippen LogP contribution < -0.4 is 0 Å². The molecule has 10 heavy (non-hydrogen) atoms. The molecule has 4 fully saturated rings. The zero-order chi connectivity index (χ0) is 6.40. The maximum absolute atomic E-state index is 5.79. The van der Waals surface area contributed by atoms with Gasteiger partial charge in [-0.05, 0) is 31.6 Å². The van der Waals surface area contributed by atoms with Crippen molar-refractivity contribution in [2.24, 2.45) is 17.3 Å². The van der Waals surface area contributed by atoms with E-state index < -0.39 is 0 Å². The summed E-state index contributed by atoms with van der Waals surface area (Å²) in [4.78, 5) is 0. The van der Waals surface area contributed by atoms with E-state index in [-0.39, 0.29) is 0 Å². The van der Waals surface area contributed by atoms with Gasteiger partial charge in [0.1, 0.15) is 0 Å². The molecule has 0 N–H and O–H groups in total. The van der Waals surface area contributed by atoms with E-state index in [1.54, 1.807) is 0 Å².